The van der Waals surface area contributed by atoms with E-state index in [-0.39, 0.29) is 0 Å². The van der Waals surface area contributed by atoms with Gasteiger partial charge in [-0.1, -0.05) is 42.5 Å². The molecule has 0 fully saturated rings. The minimum Gasteiger partial charge on any atom is -0.507 e. The molecule has 4 rings (SSSR count). The molecule has 0 aliphatic carbocycles. The summed E-state index contributed by atoms with van der Waals surface area (Å²) in [7, 11) is 0. The highest BCUT2D eigenvalue weighted by molar-refractivity contribution is 6.24. The van der Waals surface area contributed by atoms with E-state index in [0.29, 0.717) is 5.75 Å². The van der Waals surface area contributed by atoms with Crippen molar-refractivity contribution < 1.29 is 5.11 Å². The highest BCUT2D eigenvalue weighted by atomic mass is 16.3. The lowest BCUT2D eigenvalue weighted by molar-refractivity contribution is 0.482. The number of aryl methyl sites for hydroxylation is 1. The molecule has 0 heterocycles. The zero-order valence-electron chi connectivity index (χ0n) is 10.1. The fourth-order valence-corrected chi connectivity index (χ4v) is 2.93. The van der Waals surface area contributed by atoms with Crippen molar-refractivity contribution in [3.63, 3.8) is 0 Å². The Hall–Kier alpha value is -2.28. The molecule has 1 nitrogen and oxygen atoms in total. The quantitative estimate of drug-likeness (QED) is 0.439. The fourth-order valence-electron chi connectivity index (χ4n) is 2.93. The summed E-state index contributed by atoms with van der Waals surface area (Å²) in [5.41, 5.74) is 1.28. The van der Waals surface area contributed by atoms with E-state index in [1.54, 1.807) is 6.07 Å². The number of phenols is 1. The van der Waals surface area contributed by atoms with Crippen molar-refractivity contribution in [3.8, 4) is 5.75 Å². The van der Waals surface area contributed by atoms with Gasteiger partial charge in [0.2, 0.25) is 0 Å². The lowest BCUT2D eigenvalue weighted by atomic mass is 9.92. The second kappa shape index (κ2) is 3.14. The Bertz CT molecular complexity index is 814. The van der Waals surface area contributed by atoms with Gasteiger partial charge in [-0.05, 0) is 40.1 Å². The molecule has 0 atom stereocenters. The van der Waals surface area contributed by atoms with Crippen LogP contribution in [0, 0.1) is 6.92 Å². The van der Waals surface area contributed by atoms with Gasteiger partial charge >= 0.3 is 0 Å². The molecule has 1 heteroatoms. The first kappa shape index (κ1) is 9.72. The Morgan fingerprint density at radius 2 is 1.22 bits per heavy atom. The average molecular weight is 232 g/mol. The Kier molecular flexibility index (Phi) is 1.69. The normalized spacial score (nSPS) is 11.8. The molecule has 0 aliphatic rings. The third kappa shape index (κ3) is 1.06. The molecule has 4 aromatic carbocycles. The number of phenolic OH excluding ortho intramolecular Hbond substituents is 1. The SMILES string of the molecule is Cc1ccc2ccc3c(O)ccc4ccc1c2c43. The predicted molar refractivity (Wildman–Crippen MR) is 76.5 cm³/mol. The Balaban J connectivity index is 2.47. The van der Waals surface area contributed by atoms with Crippen LogP contribution in [0.5, 0.6) is 5.75 Å². The van der Waals surface area contributed by atoms with Crippen LogP contribution >= 0.6 is 0 Å². The van der Waals surface area contributed by atoms with Crippen molar-refractivity contribution in [2.45, 2.75) is 6.92 Å². The third-order valence-electron chi connectivity index (χ3n) is 3.86. The van der Waals surface area contributed by atoms with E-state index in [1.807, 2.05) is 12.1 Å². The van der Waals surface area contributed by atoms with E-state index < -0.39 is 0 Å². The maximum Gasteiger partial charge on any atom is 0.123 e. The van der Waals surface area contributed by atoms with Crippen LogP contribution in [0.1, 0.15) is 5.56 Å². The van der Waals surface area contributed by atoms with Gasteiger partial charge < -0.3 is 5.11 Å². The van der Waals surface area contributed by atoms with Gasteiger partial charge in [-0.15, -0.1) is 0 Å². The second-order valence-electron chi connectivity index (χ2n) is 4.89. The Morgan fingerprint density at radius 3 is 2.00 bits per heavy atom. The molecular formula is C17H12O. The summed E-state index contributed by atoms with van der Waals surface area (Å²) >= 11 is 0. The van der Waals surface area contributed by atoms with Gasteiger partial charge in [0.25, 0.3) is 0 Å². The Labute approximate surface area is 105 Å². The molecule has 0 saturated heterocycles. The molecule has 4 aromatic rings. The fraction of sp³-hybridized carbons (Fsp3) is 0.0588. The highest BCUT2D eigenvalue weighted by Gasteiger charge is 2.10. The molecule has 18 heavy (non-hydrogen) atoms. The van der Waals surface area contributed by atoms with Gasteiger partial charge in [0, 0.05) is 10.8 Å². The minimum atomic E-state index is 0.360. The van der Waals surface area contributed by atoms with Crippen LogP contribution in [0.25, 0.3) is 32.3 Å². The summed E-state index contributed by atoms with van der Waals surface area (Å²) in [6, 6.07) is 16.5. The van der Waals surface area contributed by atoms with Crippen LogP contribution in [0.3, 0.4) is 0 Å². The molecule has 0 aliphatic heterocycles. The lowest BCUT2D eigenvalue weighted by Crippen LogP contribution is -1.86. The standard InChI is InChI=1S/C17H12O/c1-10-2-3-11-5-8-14-15(18)9-6-12-4-7-13(10)16(11)17(12)14/h2-9,18H,1H3. The van der Waals surface area contributed by atoms with Crippen LogP contribution in [0.15, 0.2) is 48.5 Å². The van der Waals surface area contributed by atoms with Gasteiger partial charge in [-0.2, -0.15) is 0 Å². The van der Waals surface area contributed by atoms with E-state index in [1.165, 1.54) is 32.5 Å². The summed E-state index contributed by atoms with van der Waals surface area (Å²) in [6.45, 7) is 2.13. The number of benzene rings is 4. The second-order valence-corrected chi connectivity index (χ2v) is 4.89. The summed E-state index contributed by atoms with van der Waals surface area (Å²) in [5.74, 6) is 0.360. The topological polar surface area (TPSA) is 20.2 Å². The Morgan fingerprint density at radius 1 is 0.667 bits per heavy atom. The molecule has 86 valence electrons. The molecule has 1 N–H and O–H groups in total. The molecular weight excluding hydrogens is 220 g/mol. The smallest absolute Gasteiger partial charge is 0.123 e. The molecule has 0 unspecified atom stereocenters. The molecule has 0 amide bonds. The first-order valence-corrected chi connectivity index (χ1v) is 6.12. The summed E-state index contributed by atoms with van der Waals surface area (Å²) < 4.78 is 0. The van der Waals surface area contributed by atoms with E-state index in [9.17, 15) is 5.11 Å². The molecule has 0 saturated carbocycles. The number of hydrogen-bond donors (Lipinski definition) is 1. The van der Waals surface area contributed by atoms with Gasteiger partial charge in [-0.25, -0.2) is 0 Å². The van der Waals surface area contributed by atoms with Crippen molar-refractivity contribution in [3.05, 3.63) is 54.1 Å². The number of hydrogen-bond acceptors (Lipinski definition) is 1. The van der Waals surface area contributed by atoms with Crippen molar-refractivity contribution in [2.75, 3.05) is 0 Å². The van der Waals surface area contributed by atoms with E-state index in [0.717, 1.165) is 5.39 Å². The van der Waals surface area contributed by atoms with Gasteiger partial charge in [0.1, 0.15) is 5.75 Å². The lowest BCUT2D eigenvalue weighted by Gasteiger charge is -2.12. The summed E-state index contributed by atoms with van der Waals surface area (Å²) in [6.07, 6.45) is 0. The zero-order valence-corrected chi connectivity index (χ0v) is 10.1. The van der Waals surface area contributed by atoms with Crippen molar-refractivity contribution >= 4 is 32.3 Å². The highest BCUT2D eigenvalue weighted by Crippen LogP contribution is 2.38. The van der Waals surface area contributed by atoms with Crippen molar-refractivity contribution in [1.29, 1.82) is 0 Å². The number of rotatable bonds is 0. The number of aromatic hydroxyl groups is 1. The van der Waals surface area contributed by atoms with Gasteiger partial charge in [-0.3, -0.25) is 0 Å². The predicted octanol–water partition coefficient (Wildman–Crippen LogP) is 4.60. The largest absolute Gasteiger partial charge is 0.507 e. The average Bonchev–Trinajstić information content (AvgIpc) is 2.40. The zero-order chi connectivity index (χ0) is 12.3. The van der Waals surface area contributed by atoms with Crippen LogP contribution in [0.2, 0.25) is 0 Å². The van der Waals surface area contributed by atoms with E-state index >= 15 is 0 Å². The van der Waals surface area contributed by atoms with Gasteiger partial charge in [0.05, 0.1) is 0 Å². The molecule has 0 bridgehead atoms. The third-order valence-corrected chi connectivity index (χ3v) is 3.86. The first-order valence-electron chi connectivity index (χ1n) is 6.12. The van der Waals surface area contributed by atoms with Gasteiger partial charge in [0.15, 0.2) is 0 Å². The van der Waals surface area contributed by atoms with E-state index in [2.05, 4.69) is 37.3 Å². The van der Waals surface area contributed by atoms with Crippen LogP contribution < -0.4 is 0 Å². The van der Waals surface area contributed by atoms with E-state index in [4.69, 9.17) is 0 Å². The molecule has 0 spiro atoms. The minimum absolute atomic E-state index is 0.360. The maximum absolute atomic E-state index is 10.0. The van der Waals surface area contributed by atoms with Crippen LogP contribution in [-0.2, 0) is 0 Å². The maximum atomic E-state index is 10.0. The summed E-state index contributed by atoms with van der Waals surface area (Å²) in [4.78, 5) is 0. The van der Waals surface area contributed by atoms with Crippen LogP contribution in [0.4, 0.5) is 0 Å². The van der Waals surface area contributed by atoms with Crippen molar-refractivity contribution in [2.24, 2.45) is 0 Å². The monoisotopic (exact) mass is 232 g/mol. The van der Waals surface area contributed by atoms with Crippen molar-refractivity contribution in [1.82, 2.24) is 0 Å². The first-order chi connectivity index (χ1) is 8.75. The molecule has 0 aromatic heterocycles. The van der Waals surface area contributed by atoms with Crippen LogP contribution in [-0.4, -0.2) is 5.11 Å². The summed E-state index contributed by atoms with van der Waals surface area (Å²) in [5, 5.41) is 17.1. The molecule has 0 radical (unpaired) electrons.